The van der Waals surface area contributed by atoms with Crippen LogP contribution in [0.15, 0.2) is 18.2 Å². The van der Waals surface area contributed by atoms with Gasteiger partial charge in [0.25, 0.3) is 0 Å². The van der Waals surface area contributed by atoms with Crippen molar-refractivity contribution in [3.63, 3.8) is 0 Å². The van der Waals surface area contributed by atoms with Crippen LogP contribution in [0.25, 0.3) is 0 Å². The van der Waals surface area contributed by atoms with Gasteiger partial charge in [0.05, 0.1) is 18.7 Å². The van der Waals surface area contributed by atoms with Crippen molar-refractivity contribution in [3.8, 4) is 5.75 Å². The Kier molecular flexibility index (Phi) is 5.85. The van der Waals surface area contributed by atoms with Crippen LogP contribution in [-0.4, -0.2) is 50.8 Å². The molecule has 0 spiro atoms. The second kappa shape index (κ2) is 7.64. The van der Waals surface area contributed by atoms with Crippen molar-refractivity contribution < 1.29 is 14.3 Å². The number of methoxy groups -OCH3 is 1. The molecular formula is C15H21ClN2O3. The summed E-state index contributed by atoms with van der Waals surface area (Å²) in [4.78, 5) is 14.5. The molecule has 0 radical (unpaired) electrons. The molecule has 5 nitrogen and oxygen atoms in total. The van der Waals surface area contributed by atoms with E-state index in [2.05, 4.69) is 10.2 Å². The van der Waals surface area contributed by atoms with Crippen LogP contribution in [0.2, 0.25) is 5.02 Å². The van der Waals surface area contributed by atoms with Crippen LogP contribution in [0.1, 0.15) is 18.5 Å². The Labute approximate surface area is 130 Å². The molecule has 1 saturated heterocycles. The van der Waals surface area contributed by atoms with E-state index in [1.54, 1.807) is 19.2 Å². The third-order valence-corrected chi connectivity index (χ3v) is 3.81. The van der Waals surface area contributed by atoms with E-state index in [0.717, 1.165) is 31.7 Å². The van der Waals surface area contributed by atoms with Gasteiger partial charge >= 0.3 is 5.97 Å². The number of benzene rings is 1. The third-order valence-electron chi connectivity index (χ3n) is 3.52. The Hall–Kier alpha value is -1.30. The number of nitrogens with one attached hydrogen (secondary N) is 1. The average molecular weight is 313 g/mol. The van der Waals surface area contributed by atoms with Crippen LogP contribution in [-0.2, 0) is 9.53 Å². The summed E-state index contributed by atoms with van der Waals surface area (Å²) in [5.74, 6) is 0.365. The number of carbonyl (C=O) groups is 1. The summed E-state index contributed by atoms with van der Waals surface area (Å²) in [5.41, 5.74) is 0.834. The highest BCUT2D eigenvalue weighted by Crippen LogP contribution is 2.30. The maximum Gasteiger partial charge on any atom is 0.328 e. The summed E-state index contributed by atoms with van der Waals surface area (Å²) in [6, 6.07) is 5.01. The molecule has 1 fully saturated rings. The predicted octanol–water partition coefficient (Wildman–Crippen LogP) is 1.86. The molecule has 0 amide bonds. The van der Waals surface area contributed by atoms with Gasteiger partial charge in [-0.05, 0) is 24.6 Å². The van der Waals surface area contributed by atoms with E-state index in [1.807, 2.05) is 13.0 Å². The first-order valence-electron chi connectivity index (χ1n) is 7.12. The normalized spacial score (nSPS) is 17.3. The Morgan fingerprint density at radius 3 is 2.71 bits per heavy atom. The van der Waals surface area contributed by atoms with Crippen LogP contribution in [0.5, 0.6) is 5.75 Å². The standard InChI is InChI=1S/C15H21ClN2O3/c1-3-21-15(19)14(18-8-6-17-7-9-18)11-4-5-13(20-2)12(16)10-11/h4-5,10,14,17H,3,6-9H2,1-2H3. The molecule has 1 aromatic carbocycles. The third kappa shape index (κ3) is 3.87. The molecule has 6 heteroatoms. The van der Waals surface area contributed by atoms with E-state index < -0.39 is 6.04 Å². The van der Waals surface area contributed by atoms with Crippen molar-refractivity contribution in [1.82, 2.24) is 10.2 Å². The van der Waals surface area contributed by atoms with Crippen molar-refractivity contribution >= 4 is 17.6 Å². The fourth-order valence-electron chi connectivity index (χ4n) is 2.51. The summed E-state index contributed by atoms with van der Waals surface area (Å²) in [5, 5.41) is 3.78. The highest BCUT2D eigenvalue weighted by Gasteiger charge is 2.30. The van der Waals surface area contributed by atoms with Gasteiger partial charge in [0.15, 0.2) is 0 Å². The molecule has 0 bridgehead atoms. The first-order valence-corrected chi connectivity index (χ1v) is 7.50. The molecule has 1 aliphatic rings. The molecule has 1 atom stereocenters. The van der Waals surface area contributed by atoms with Gasteiger partial charge in [-0.25, -0.2) is 4.79 Å². The number of carbonyl (C=O) groups excluding carboxylic acids is 1. The van der Waals surface area contributed by atoms with Crippen LogP contribution in [0, 0.1) is 0 Å². The zero-order valence-corrected chi connectivity index (χ0v) is 13.2. The summed E-state index contributed by atoms with van der Waals surface area (Å²) in [7, 11) is 1.57. The van der Waals surface area contributed by atoms with Crippen molar-refractivity contribution in [3.05, 3.63) is 28.8 Å². The minimum absolute atomic E-state index is 0.236. The van der Waals surface area contributed by atoms with E-state index >= 15 is 0 Å². The minimum Gasteiger partial charge on any atom is -0.495 e. The summed E-state index contributed by atoms with van der Waals surface area (Å²) in [6.07, 6.45) is 0. The van der Waals surface area contributed by atoms with Crippen molar-refractivity contribution in [2.45, 2.75) is 13.0 Å². The topological polar surface area (TPSA) is 50.8 Å². The molecule has 0 saturated carbocycles. The zero-order chi connectivity index (χ0) is 15.2. The Balaban J connectivity index is 2.29. The lowest BCUT2D eigenvalue weighted by Gasteiger charge is -2.33. The fraction of sp³-hybridized carbons (Fsp3) is 0.533. The summed E-state index contributed by atoms with van der Waals surface area (Å²) >= 11 is 6.19. The molecule has 1 N–H and O–H groups in total. The Morgan fingerprint density at radius 2 is 2.14 bits per heavy atom. The number of esters is 1. The average Bonchev–Trinajstić information content (AvgIpc) is 2.49. The van der Waals surface area contributed by atoms with Gasteiger partial charge in [-0.15, -0.1) is 0 Å². The molecule has 1 heterocycles. The van der Waals surface area contributed by atoms with E-state index in [-0.39, 0.29) is 5.97 Å². The van der Waals surface area contributed by atoms with Gasteiger partial charge in [0.1, 0.15) is 11.8 Å². The van der Waals surface area contributed by atoms with E-state index in [4.69, 9.17) is 21.1 Å². The van der Waals surface area contributed by atoms with Crippen LogP contribution >= 0.6 is 11.6 Å². The molecule has 116 valence electrons. The van der Waals surface area contributed by atoms with Gasteiger partial charge in [-0.3, -0.25) is 4.90 Å². The second-order valence-corrected chi connectivity index (χ2v) is 5.24. The van der Waals surface area contributed by atoms with Crippen LogP contribution in [0.4, 0.5) is 0 Å². The van der Waals surface area contributed by atoms with Gasteiger partial charge in [0.2, 0.25) is 0 Å². The molecule has 0 aliphatic carbocycles. The SMILES string of the molecule is CCOC(=O)C(c1ccc(OC)c(Cl)c1)N1CCNCC1. The number of halogens is 1. The number of rotatable bonds is 5. The second-order valence-electron chi connectivity index (χ2n) is 4.83. The van der Waals surface area contributed by atoms with E-state index in [0.29, 0.717) is 17.4 Å². The van der Waals surface area contributed by atoms with Crippen LogP contribution in [0.3, 0.4) is 0 Å². The van der Waals surface area contributed by atoms with Gasteiger partial charge in [0, 0.05) is 26.2 Å². The number of nitrogens with zero attached hydrogens (tertiary/aromatic N) is 1. The lowest BCUT2D eigenvalue weighted by molar-refractivity contribution is -0.150. The Morgan fingerprint density at radius 1 is 1.43 bits per heavy atom. The molecule has 1 unspecified atom stereocenters. The summed E-state index contributed by atoms with van der Waals surface area (Å²) in [6.45, 7) is 5.50. The molecule has 0 aromatic heterocycles. The van der Waals surface area contributed by atoms with Gasteiger partial charge < -0.3 is 14.8 Å². The molecule has 1 aromatic rings. The monoisotopic (exact) mass is 312 g/mol. The largest absolute Gasteiger partial charge is 0.495 e. The highest BCUT2D eigenvalue weighted by molar-refractivity contribution is 6.32. The maximum atomic E-state index is 12.4. The van der Waals surface area contributed by atoms with Crippen molar-refractivity contribution in [2.24, 2.45) is 0 Å². The Bertz CT molecular complexity index is 490. The lowest BCUT2D eigenvalue weighted by Crippen LogP contribution is -2.47. The highest BCUT2D eigenvalue weighted by atomic mass is 35.5. The van der Waals surface area contributed by atoms with Gasteiger partial charge in [-0.1, -0.05) is 17.7 Å². The maximum absolute atomic E-state index is 12.4. The first kappa shape index (κ1) is 16.1. The fourth-order valence-corrected chi connectivity index (χ4v) is 2.78. The number of ether oxygens (including phenoxy) is 2. The molecule has 2 rings (SSSR count). The van der Waals surface area contributed by atoms with Gasteiger partial charge in [-0.2, -0.15) is 0 Å². The van der Waals surface area contributed by atoms with Crippen molar-refractivity contribution in [2.75, 3.05) is 39.9 Å². The number of piperazine rings is 1. The minimum atomic E-state index is -0.421. The first-order chi connectivity index (χ1) is 10.2. The van der Waals surface area contributed by atoms with E-state index in [9.17, 15) is 4.79 Å². The summed E-state index contributed by atoms with van der Waals surface area (Å²) < 4.78 is 10.4. The molecular weight excluding hydrogens is 292 g/mol. The predicted molar refractivity (Wildman–Crippen MR) is 81.8 cm³/mol. The number of hydrogen-bond donors (Lipinski definition) is 1. The molecule has 21 heavy (non-hydrogen) atoms. The molecule has 1 aliphatic heterocycles. The quantitative estimate of drug-likeness (QED) is 0.841. The van der Waals surface area contributed by atoms with Crippen molar-refractivity contribution in [1.29, 1.82) is 0 Å². The number of hydrogen-bond acceptors (Lipinski definition) is 5. The zero-order valence-electron chi connectivity index (χ0n) is 12.4. The van der Waals surface area contributed by atoms with E-state index in [1.165, 1.54) is 0 Å². The lowest BCUT2D eigenvalue weighted by atomic mass is 10.0. The smallest absolute Gasteiger partial charge is 0.328 e. The van der Waals surface area contributed by atoms with Crippen LogP contribution < -0.4 is 10.1 Å².